The average Bonchev–Trinajstić information content (AvgIpc) is 2.59. The van der Waals surface area contributed by atoms with Crippen molar-refractivity contribution in [3.8, 4) is 0 Å². The second kappa shape index (κ2) is 7.99. The molecule has 0 saturated heterocycles. The standard InChI is InChI=1S/C16H32N2O3/c1-12(2)18(11-16(3,4)20)15(19)17-13-9-7-6-8-10-14(13)21-5/h12-14,20H,6-11H2,1-5H3,(H,17,19)/t13-,14-/m0/s1. The van der Waals surface area contributed by atoms with Gasteiger partial charge in [-0.2, -0.15) is 0 Å². The van der Waals surface area contributed by atoms with Crippen LogP contribution in [0.2, 0.25) is 0 Å². The Labute approximate surface area is 129 Å². The van der Waals surface area contributed by atoms with Crippen LogP contribution >= 0.6 is 0 Å². The van der Waals surface area contributed by atoms with E-state index in [1.54, 1.807) is 25.9 Å². The van der Waals surface area contributed by atoms with E-state index in [0.717, 1.165) is 25.7 Å². The van der Waals surface area contributed by atoms with Crippen molar-refractivity contribution >= 4 is 6.03 Å². The van der Waals surface area contributed by atoms with Crippen LogP contribution in [0, 0.1) is 0 Å². The van der Waals surface area contributed by atoms with Crippen LogP contribution in [0.4, 0.5) is 4.79 Å². The number of hydrogen-bond acceptors (Lipinski definition) is 3. The van der Waals surface area contributed by atoms with Gasteiger partial charge in [0.15, 0.2) is 0 Å². The molecule has 1 saturated carbocycles. The van der Waals surface area contributed by atoms with Crippen molar-refractivity contribution in [3.05, 3.63) is 0 Å². The highest BCUT2D eigenvalue weighted by atomic mass is 16.5. The Morgan fingerprint density at radius 2 is 1.95 bits per heavy atom. The minimum absolute atomic E-state index is 0.0446. The van der Waals surface area contributed by atoms with Gasteiger partial charge in [-0.3, -0.25) is 0 Å². The Morgan fingerprint density at radius 1 is 1.33 bits per heavy atom. The minimum atomic E-state index is -0.897. The number of urea groups is 1. The first kappa shape index (κ1) is 18.2. The van der Waals surface area contributed by atoms with E-state index < -0.39 is 5.60 Å². The van der Waals surface area contributed by atoms with E-state index in [9.17, 15) is 9.90 Å². The summed E-state index contributed by atoms with van der Waals surface area (Å²) in [5.41, 5.74) is -0.897. The Kier molecular flexibility index (Phi) is 6.94. The number of nitrogens with one attached hydrogen (secondary N) is 1. The van der Waals surface area contributed by atoms with Crippen molar-refractivity contribution in [3.63, 3.8) is 0 Å². The molecule has 2 atom stereocenters. The van der Waals surface area contributed by atoms with Gasteiger partial charge in [0.2, 0.25) is 0 Å². The second-order valence-corrected chi connectivity index (χ2v) is 7.00. The maximum absolute atomic E-state index is 12.6. The third kappa shape index (κ3) is 6.22. The van der Waals surface area contributed by atoms with Gasteiger partial charge in [0.25, 0.3) is 0 Å². The molecule has 2 N–H and O–H groups in total. The van der Waals surface area contributed by atoms with Crippen LogP contribution in [0.5, 0.6) is 0 Å². The molecule has 0 aromatic rings. The quantitative estimate of drug-likeness (QED) is 0.767. The van der Waals surface area contributed by atoms with Crippen LogP contribution in [0.3, 0.4) is 0 Å². The number of carbonyl (C=O) groups is 1. The lowest BCUT2D eigenvalue weighted by molar-refractivity contribution is 0.0332. The highest BCUT2D eigenvalue weighted by molar-refractivity contribution is 5.75. The van der Waals surface area contributed by atoms with Crippen LogP contribution in [0.15, 0.2) is 0 Å². The summed E-state index contributed by atoms with van der Waals surface area (Å²) >= 11 is 0. The molecule has 5 heteroatoms. The molecule has 0 unspecified atom stereocenters. The summed E-state index contributed by atoms with van der Waals surface area (Å²) in [7, 11) is 1.71. The smallest absolute Gasteiger partial charge is 0.318 e. The van der Waals surface area contributed by atoms with Crippen LogP contribution < -0.4 is 5.32 Å². The Hall–Kier alpha value is -0.810. The van der Waals surface area contributed by atoms with Gasteiger partial charge in [0.1, 0.15) is 0 Å². The second-order valence-electron chi connectivity index (χ2n) is 7.00. The largest absolute Gasteiger partial charge is 0.389 e. The van der Waals surface area contributed by atoms with Gasteiger partial charge in [0, 0.05) is 13.2 Å². The Balaban J connectivity index is 2.70. The number of hydrogen-bond donors (Lipinski definition) is 2. The molecule has 0 spiro atoms. The Bertz CT molecular complexity index is 326. The molecule has 0 aliphatic heterocycles. The molecule has 5 nitrogen and oxygen atoms in total. The number of carbonyl (C=O) groups excluding carboxylic acids is 1. The summed E-state index contributed by atoms with van der Waals surface area (Å²) in [6.07, 6.45) is 5.52. The number of aliphatic hydroxyl groups is 1. The van der Waals surface area contributed by atoms with Crippen LogP contribution in [-0.4, -0.2) is 53.5 Å². The lowest BCUT2D eigenvalue weighted by atomic mass is 10.1. The first-order valence-electron chi connectivity index (χ1n) is 8.07. The minimum Gasteiger partial charge on any atom is -0.389 e. The molecular weight excluding hydrogens is 268 g/mol. The van der Waals surface area contributed by atoms with Crippen LogP contribution in [-0.2, 0) is 4.74 Å². The molecule has 0 heterocycles. The molecule has 1 fully saturated rings. The fourth-order valence-electron chi connectivity index (χ4n) is 2.87. The van der Waals surface area contributed by atoms with E-state index in [-0.39, 0.29) is 24.2 Å². The highest BCUT2D eigenvalue weighted by Gasteiger charge is 2.29. The number of rotatable bonds is 5. The summed E-state index contributed by atoms with van der Waals surface area (Å²) in [5.74, 6) is 0. The normalized spacial score (nSPS) is 23.8. The average molecular weight is 300 g/mol. The first-order chi connectivity index (χ1) is 9.74. The van der Waals surface area contributed by atoms with E-state index in [2.05, 4.69) is 5.32 Å². The van der Waals surface area contributed by atoms with Crippen LogP contribution in [0.1, 0.15) is 59.8 Å². The molecule has 124 valence electrons. The maximum atomic E-state index is 12.6. The zero-order chi connectivity index (χ0) is 16.0. The van der Waals surface area contributed by atoms with Crippen molar-refractivity contribution in [2.75, 3.05) is 13.7 Å². The van der Waals surface area contributed by atoms with Gasteiger partial charge in [-0.1, -0.05) is 19.3 Å². The third-order valence-electron chi connectivity index (χ3n) is 4.01. The van der Waals surface area contributed by atoms with Gasteiger partial charge in [-0.15, -0.1) is 0 Å². The highest BCUT2D eigenvalue weighted by Crippen LogP contribution is 2.21. The van der Waals surface area contributed by atoms with Crippen molar-refractivity contribution in [2.24, 2.45) is 0 Å². The van der Waals surface area contributed by atoms with Gasteiger partial charge >= 0.3 is 6.03 Å². The van der Waals surface area contributed by atoms with Gasteiger partial charge in [-0.25, -0.2) is 4.79 Å². The predicted molar refractivity (Wildman–Crippen MR) is 84.3 cm³/mol. The van der Waals surface area contributed by atoms with E-state index in [1.807, 2.05) is 13.8 Å². The lowest BCUT2D eigenvalue weighted by Gasteiger charge is -2.34. The lowest BCUT2D eigenvalue weighted by Crippen LogP contribution is -2.54. The maximum Gasteiger partial charge on any atom is 0.318 e. The van der Waals surface area contributed by atoms with Crippen molar-refractivity contribution < 1.29 is 14.6 Å². The number of nitrogens with zero attached hydrogens (tertiary/aromatic N) is 1. The SMILES string of the molecule is CO[C@H]1CCCCC[C@@H]1NC(=O)N(CC(C)(C)O)C(C)C. The Morgan fingerprint density at radius 3 is 2.48 bits per heavy atom. The molecule has 1 aliphatic rings. The first-order valence-corrected chi connectivity index (χ1v) is 8.07. The fraction of sp³-hybridized carbons (Fsp3) is 0.938. The van der Waals surface area contributed by atoms with E-state index in [1.165, 1.54) is 6.42 Å². The number of methoxy groups -OCH3 is 1. The van der Waals surface area contributed by atoms with Crippen LogP contribution in [0.25, 0.3) is 0 Å². The van der Waals surface area contributed by atoms with E-state index in [4.69, 9.17) is 4.74 Å². The third-order valence-corrected chi connectivity index (χ3v) is 4.01. The number of ether oxygens (including phenoxy) is 1. The molecular formula is C16H32N2O3. The predicted octanol–water partition coefficient (Wildman–Crippen LogP) is 2.53. The monoisotopic (exact) mass is 300 g/mol. The van der Waals surface area contributed by atoms with Crippen molar-refractivity contribution in [1.29, 1.82) is 0 Å². The topological polar surface area (TPSA) is 61.8 Å². The van der Waals surface area contributed by atoms with E-state index >= 15 is 0 Å². The molecule has 2 amide bonds. The molecule has 0 aromatic heterocycles. The molecule has 21 heavy (non-hydrogen) atoms. The van der Waals surface area contributed by atoms with Gasteiger partial charge in [-0.05, 0) is 40.5 Å². The molecule has 1 aliphatic carbocycles. The zero-order valence-electron chi connectivity index (χ0n) is 14.2. The molecule has 0 bridgehead atoms. The van der Waals surface area contributed by atoms with Crippen molar-refractivity contribution in [1.82, 2.24) is 10.2 Å². The van der Waals surface area contributed by atoms with E-state index in [0.29, 0.717) is 6.54 Å². The summed E-state index contributed by atoms with van der Waals surface area (Å²) in [4.78, 5) is 14.2. The van der Waals surface area contributed by atoms with Gasteiger partial charge in [0.05, 0.1) is 24.3 Å². The summed E-state index contributed by atoms with van der Waals surface area (Å²) in [6.45, 7) is 7.69. The molecule has 0 radical (unpaired) electrons. The number of amides is 2. The summed E-state index contributed by atoms with van der Waals surface area (Å²) in [5, 5.41) is 13.1. The summed E-state index contributed by atoms with van der Waals surface area (Å²) in [6, 6.07) is -0.00247. The molecule has 1 rings (SSSR count). The van der Waals surface area contributed by atoms with Gasteiger partial charge < -0.3 is 20.1 Å². The van der Waals surface area contributed by atoms with Crippen molar-refractivity contribution in [2.45, 2.75) is 83.6 Å². The fourth-order valence-corrected chi connectivity index (χ4v) is 2.87. The molecule has 0 aromatic carbocycles. The summed E-state index contributed by atoms with van der Waals surface area (Å²) < 4.78 is 5.54. The zero-order valence-corrected chi connectivity index (χ0v) is 14.2.